The van der Waals surface area contributed by atoms with Gasteiger partial charge in [0.2, 0.25) is 0 Å². The summed E-state index contributed by atoms with van der Waals surface area (Å²) in [5.74, 6) is 1.45. The molecule has 514 valence electrons. The van der Waals surface area contributed by atoms with Crippen molar-refractivity contribution >= 4 is 5.91 Å². The van der Waals surface area contributed by atoms with Crippen molar-refractivity contribution in [1.82, 2.24) is 5.32 Å². The topological polar surface area (TPSA) is 314 Å². The van der Waals surface area contributed by atoms with Crippen LogP contribution in [-0.4, -0.2) is 344 Å². The van der Waals surface area contributed by atoms with E-state index in [-0.39, 0.29) is 32.5 Å². The van der Waals surface area contributed by atoms with Crippen molar-refractivity contribution in [3.05, 3.63) is 0 Å². The maximum atomic E-state index is 12.0. The minimum atomic E-state index is -1.00. The predicted molar refractivity (Wildman–Crippen MR) is 303 cm³/mol. The molecule has 0 aromatic carbocycles. The number of methoxy groups -OCH3 is 18. The second-order valence-corrected chi connectivity index (χ2v) is 21.4. The molecule has 0 bridgehead atoms. The van der Waals surface area contributed by atoms with Gasteiger partial charge in [0, 0.05) is 128 Å². The van der Waals surface area contributed by atoms with Gasteiger partial charge in [-0.05, 0) is 19.8 Å². The molecule has 6 heterocycles. The van der Waals surface area contributed by atoms with Crippen LogP contribution in [0.5, 0.6) is 0 Å². The summed E-state index contributed by atoms with van der Waals surface area (Å²) in [6.07, 6.45) is -14.4. The average molecular weight is 1280 g/mol. The van der Waals surface area contributed by atoms with E-state index in [2.05, 4.69) is 11.2 Å². The molecule has 29 unspecified atom stereocenters. The predicted octanol–water partition coefficient (Wildman–Crippen LogP) is -1.59. The average Bonchev–Trinajstić information content (AvgIpc) is 1.10. The van der Waals surface area contributed by atoms with Gasteiger partial charge in [0.1, 0.15) is 122 Å². The van der Waals surface area contributed by atoms with Crippen LogP contribution in [-0.2, 0) is 137 Å². The summed E-state index contributed by atoms with van der Waals surface area (Å²) in [7, 11) is 27.7. The van der Waals surface area contributed by atoms with Gasteiger partial charge in [-0.1, -0.05) is 0 Å². The lowest BCUT2D eigenvalue weighted by molar-refractivity contribution is -0.381. The number of carbonyl (C=O) groups excluding carboxylic acids is 1. The zero-order chi connectivity index (χ0) is 64.9. The molecule has 6 rings (SSSR count). The van der Waals surface area contributed by atoms with Gasteiger partial charge in [-0.3, -0.25) is 4.79 Å². The van der Waals surface area contributed by atoms with Crippen molar-refractivity contribution in [1.29, 1.82) is 0 Å². The summed E-state index contributed by atoms with van der Waals surface area (Å²) in [4.78, 5) is 12.0. The zero-order valence-corrected chi connectivity index (χ0v) is 54.6. The summed E-state index contributed by atoms with van der Waals surface area (Å²) >= 11 is 0. The van der Waals surface area contributed by atoms with Crippen LogP contribution < -0.4 is 11.1 Å². The molecule has 31 nitrogen and oxygen atoms in total. The molecular formula is C57H102N2O29. The van der Waals surface area contributed by atoms with Crippen LogP contribution in [0.2, 0.25) is 0 Å². The lowest BCUT2D eigenvalue weighted by atomic mass is 9.94. The molecule has 0 radical (unpaired) electrons. The Bertz CT molecular complexity index is 1990. The van der Waals surface area contributed by atoms with Gasteiger partial charge in [0.25, 0.3) is 5.91 Å². The first-order valence-corrected chi connectivity index (χ1v) is 28.9. The van der Waals surface area contributed by atoms with Crippen molar-refractivity contribution in [2.45, 2.75) is 198 Å². The Morgan fingerprint density at radius 1 is 0.341 bits per heavy atom. The van der Waals surface area contributed by atoms with Crippen molar-refractivity contribution in [2.24, 2.45) is 5.73 Å². The second kappa shape index (κ2) is 38.3. The molecule has 0 aromatic rings. The molecule has 1 amide bonds. The van der Waals surface area contributed by atoms with Crippen molar-refractivity contribution in [3.63, 3.8) is 0 Å². The number of amides is 1. The third-order valence-corrected chi connectivity index (χ3v) is 16.7. The van der Waals surface area contributed by atoms with E-state index in [4.69, 9.17) is 145 Å². The normalized spacial score (nSPS) is 43.1. The van der Waals surface area contributed by atoms with E-state index in [1.54, 1.807) is 70.9 Å². The molecule has 88 heavy (non-hydrogen) atoms. The van der Waals surface area contributed by atoms with Gasteiger partial charge in [0.15, 0.2) is 37.7 Å². The Morgan fingerprint density at radius 3 is 0.864 bits per heavy atom. The van der Waals surface area contributed by atoms with Gasteiger partial charge >= 0.3 is 0 Å². The molecular weight excluding hydrogens is 1180 g/mol. The number of hydrogen-bond acceptors (Lipinski definition) is 30. The number of nitrogens with one attached hydrogen (secondary N) is 1. The first kappa shape index (κ1) is 76.6. The van der Waals surface area contributed by atoms with Gasteiger partial charge in [-0.15, -0.1) is 6.42 Å². The molecule has 3 N–H and O–H groups in total. The highest BCUT2D eigenvalue weighted by molar-refractivity contribution is 5.93. The smallest absolute Gasteiger partial charge is 0.296 e. The molecule has 0 aromatic heterocycles. The monoisotopic (exact) mass is 1280 g/mol. The summed E-state index contributed by atoms with van der Waals surface area (Å²) in [5.41, 5.74) is 6.33. The highest BCUT2D eigenvalue weighted by Crippen LogP contribution is 2.39. The van der Waals surface area contributed by atoms with E-state index in [0.717, 1.165) is 0 Å². The first-order chi connectivity index (χ1) is 42.5. The number of hydrogen-bond donors (Lipinski definition) is 2. The van der Waals surface area contributed by atoms with E-state index in [0.29, 0.717) is 0 Å². The minimum absolute atomic E-state index is 0.0954. The summed E-state index contributed by atoms with van der Waals surface area (Å²) in [5, 5.41) is 2.74. The van der Waals surface area contributed by atoms with Gasteiger partial charge < -0.3 is 144 Å². The fraction of sp³-hybridized carbons (Fsp3) is 0.947. The Hall–Kier alpha value is -2.13. The number of nitrogens with two attached hydrogens (primary N) is 1. The summed E-state index contributed by atoms with van der Waals surface area (Å²) < 4.78 is 167. The van der Waals surface area contributed by atoms with E-state index in [1.807, 2.05) is 6.92 Å². The standard InChI is InChI=1S/C30H51NO15.C27H51NO14/c1-12-18(32)31-19-15(2)42-29(25(38-8)22(19)35-5)45-21-17(14-34-4)44-30(27(40-10)24(21)37-7)46-20-16(13-33-3)43-28(41-11)26(39-9)23(20)36-6;1-13-16(28)19(31-4)22(34-7)26(38-13)41-18-15(12-30-3)40-27(24(36-9)21(18)33-6)42-17-14(11-29-2)39-25(37-10)23(35-8)20(17)32-5/h1,15-17,19-30H,13-14H2,2-11H3,(H,31,32);13-27H,11-12,28H2,1-10H3/t15?,16?,17?,19?,20?,21?,22?,23-,24?,25?,26?,27?,28?,29?,30?;/m1./s1. The van der Waals surface area contributed by atoms with Crippen molar-refractivity contribution in [3.8, 4) is 12.3 Å². The van der Waals surface area contributed by atoms with Crippen LogP contribution in [0.1, 0.15) is 13.8 Å². The van der Waals surface area contributed by atoms with Crippen LogP contribution in [0.4, 0.5) is 0 Å². The third kappa shape index (κ3) is 17.8. The van der Waals surface area contributed by atoms with Crippen LogP contribution in [0, 0.1) is 12.3 Å². The van der Waals surface area contributed by atoms with Crippen molar-refractivity contribution < 1.29 is 137 Å². The Kier molecular flexibility index (Phi) is 33.3. The number of rotatable bonds is 31. The minimum Gasteiger partial charge on any atom is -0.382 e. The van der Waals surface area contributed by atoms with Crippen LogP contribution in [0.25, 0.3) is 0 Å². The lowest BCUT2D eigenvalue weighted by Crippen LogP contribution is -2.68. The van der Waals surface area contributed by atoms with E-state index < -0.39 is 184 Å². The molecule has 6 fully saturated rings. The summed E-state index contributed by atoms with van der Waals surface area (Å²) in [6.45, 7) is 4.24. The fourth-order valence-electron chi connectivity index (χ4n) is 12.3. The fourth-order valence-corrected chi connectivity index (χ4v) is 12.3. The molecule has 6 aliphatic heterocycles. The third-order valence-electron chi connectivity index (χ3n) is 16.7. The highest BCUT2D eigenvalue weighted by atomic mass is 16.8. The largest absolute Gasteiger partial charge is 0.382 e. The zero-order valence-electron chi connectivity index (χ0n) is 54.6. The second-order valence-electron chi connectivity index (χ2n) is 21.4. The molecule has 0 saturated carbocycles. The Balaban J connectivity index is 0.000000322. The summed E-state index contributed by atoms with van der Waals surface area (Å²) in [6, 6.07) is -1.03. The van der Waals surface area contributed by atoms with Gasteiger partial charge in [-0.2, -0.15) is 0 Å². The molecule has 31 heteroatoms. The number of terminal acetylenes is 1. The number of ether oxygens (including phenoxy) is 28. The van der Waals surface area contributed by atoms with Gasteiger partial charge in [0.05, 0.1) is 50.7 Å². The van der Waals surface area contributed by atoms with Crippen molar-refractivity contribution in [2.75, 3.05) is 154 Å². The van der Waals surface area contributed by atoms with E-state index >= 15 is 0 Å². The SMILES string of the molecule is C#CC(=O)NC1C(C)OC(OC2C(COC)OC(OC3C(COC)OC(OC)C(OC)[C@@H]3OC)C(OC)C2OC)C(OC)C1OC.COCC1OC(OC2C(COC)OC(OC)C(OC)C2OC)C(OC)C(OC)C1OC1OC(C)C(N)C(OC)C1OC. The lowest BCUT2D eigenvalue weighted by Gasteiger charge is -2.51. The molecule has 30 atom stereocenters. The van der Waals surface area contributed by atoms with E-state index in [9.17, 15) is 4.79 Å². The number of carbonyl (C=O) groups is 1. The van der Waals surface area contributed by atoms with Crippen LogP contribution >= 0.6 is 0 Å². The molecule has 0 aliphatic carbocycles. The highest BCUT2D eigenvalue weighted by Gasteiger charge is 2.58. The maximum Gasteiger partial charge on any atom is 0.296 e. The first-order valence-electron chi connectivity index (χ1n) is 28.9. The van der Waals surface area contributed by atoms with E-state index in [1.165, 1.54) is 64.0 Å². The molecule has 0 spiro atoms. The van der Waals surface area contributed by atoms with Crippen LogP contribution in [0.15, 0.2) is 0 Å². The van der Waals surface area contributed by atoms with Gasteiger partial charge in [-0.25, -0.2) is 0 Å². The Morgan fingerprint density at radius 2 is 0.591 bits per heavy atom. The molecule has 6 saturated heterocycles. The maximum absolute atomic E-state index is 12.0. The molecule has 6 aliphatic rings. The Labute approximate surface area is 517 Å². The van der Waals surface area contributed by atoms with Crippen LogP contribution in [0.3, 0.4) is 0 Å². The quantitative estimate of drug-likeness (QED) is 0.0739.